The molecule has 2 atom stereocenters. The lowest BCUT2D eigenvalue weighted by molar-refractivity contribution is -0.509. The minimum absolute atomic E-state index is 0.487. The summed E-state index contributed by atoms with van der Waals surface area (Å²) in [5.41, 5.74) is 0. The van der Waals surface area contributed by atoms with Crippen molar-refractivity contribution in [1.82, 2.24) is 0 Å². The molecule has 0 aliphatic heterocycles. The lowest BCUT2D eigenvalue weighted by atomic mass is 10.3. The van der Waals surface area contributed by atoms with E-state index in [0.29, 0.717) is 12.8 Å². The molecule has 0 fully saturated rings. The summed E-state index contributed by atoms with van der Waals surface area (Å²) in [6.07, 6.45) is 0.811. The molecule has 0 radical (unpaired) electrons. The third kappa shape index (κ3) is 6.25. The van der Waals surface area contributed by atoms with Crippen LogP contribution in [0.15, 0.2) is 0 Å². The molecule has 6 nitrogen and oxygen atoms in total. The fourth-order valence-corrected chi connectivity index (χ4v) is 0.832. The van der Waals surface area contributed by atoms with Crippen LogP contribution >= 0.6 is 0 Å². The third-order valence-corrected chi connectivity index (χ3v) is 1.55. The molecule has 0 rings (SSSR count). The standard InChI is InChI=1S/C8H18O6/c1-3-5-7(11-9)13-14-8(12-10)6-4-2/h7-10H,3-6H2,1-2H3. The largest absolute Gasteiger partial charge is 0.249 e. The first kappa shape index (κ1) is 13.8. The minimum Gasteiger partial charge on any atom is -0.249 e. The average molecular weight is 210 g/mol. The normalized spacial score (nSPS) is 15.4. The zero-order valence-corrected chi connectivity index (χ0v) is 8.51. The highest BCUT2D eigenvalue weighted by Gasteiger charge is 2.14. The SMILES string of the molecule is CCCC(OO)OOC(CCC)OO. The van der Waals surface area contributed by atoms with Gasteiger partial charge in [0.2, 0.25) is 12.6 Å². The van der Waals surface area contributed by atoms with E-state index >= 15 is 0 Å². The molecule has 0 bridgehead atoms. The van der Waals surface area contributed by atoms with Gasteiger partial charge in [0.15, 0.2) is 0 Å². The number of rotatable bonds is 9. The molecule has 0 saturated carbocycles. The maximum absolute atomic E-state index is 8.36. The first-order valence-corrected chi connectivity index (χ1v) is 4.71. The van der Waals surface area contributed by atoms with Crippen LogP contribution < -0.4 is 0 Å². The summed E-state index contributed by atoms with van der Waals surface area (Å²) < 4.78 is 0. The summed E-state index contributed by atoms with van der Waals surface area (Å²) in [6.45, 7) is 3.81. The molecule has 0 aromatic rings. The Kier molecular flexibility index (Phi) is 9.16. The van der Waals surface area contributed by atoms with Gasteiger partial charge in [0.05, 0.1) is 0 Å². The maximum Gasteiger partial charge on any atom is 0.224 e. The van der Waals surface area contributed by atoms with E-state index in [1.807, 2.05) is 13.8 Å². The van der Waals surface area contributed by atoms with Crippen molar-refractivity contribution in [1.29, 1.82) is 0 Å². The molecule has 2 N–H and O–H groups in total. The Labute approximate surface area is 83.1 Å². The van der Waals surface area contributed by atoms with Gasteiger partial charge < -0.3 is 0 Å². The van der Waals surface area contributed by atoms with Crippen molar-refractivity contribution in [2.75, 3.05) is 0 Å². The summed E-state index contributed by atoms with van der Waals surface area (Å²) in [5.74, 6) is 0. The van der Waals surface area contributed by atoms with Gasteiger partial charge in [0.25, 0.3) is 0 Å². The topological polar surface area (TPSA) is 77.4 Å². The Hall–Kier alpha value is -0.240. The molecule has 0 aromatic heterocycles. The maximum atomic E-state index is 8.36. The molecule has 0 saturated heterocycles. The number of hydrogen-bond donors (Lipinski definition) is 2. The molecule has 6 heteroatoms. The molecule has 14 heavy (non-hydrogen) atoms. The van der Waals surface area contributed by atoms with Gasteiger partial charge in [-0.25, -0.2) is 20.3 Å². The van der Waals surface area contributed by atoms with Crippen LogP contribution in [0.3, 0.4) is 0 Å². The lowest BCUT2D eigenvalue weighted by Gasteiger charge is -2.16. The molecule has 0 heterocycles. The number of hydrogen-bond acceptors (Lipinski definition) is 6. The highest BCUT2D eigenvalue weighted by Crippen LogP contribution is 2.08. The second kappa shape index (κ2) is 9.32. The van der Waals surface area contributed by atoms with Crippen LogP contribution in [0.25, 0.3) is 0 Å². The first-order chi connectivity index (χ1) is 6.78. The molecule has 2 unspecified atom stereocenters. The van der Waals surface area contributed by atoms with Gasteiger partial charge in [-0.15, -0.1) is 0 Å². The summed E-state index contributed by atoms with van der Waals surface area (Å²) in [5, 5.41) is 16.7. The van der Waals surface area contributed by atoms with Gasteiger partial charge in [-0.3, -0.25) is 0 Å². The second-order valence-corrected chi connectivity index (χ2v) is 2.84. The molecular formula is C8H18O6. The van der Waals surface area contributed by atoms with Crippen LogP contribution in [-0.2, 0) is 19.6 Å². The van der Waals surface area contributed by atoms with Crippen molar-refractivity contribution >= 4 is 0 Å². The molecule has 0 amide bonds. The first-order valence-electron chi connectivity index (χ1n) is 4.71. The van der Waals surface area contributed by atoms with Gasteiger partial charge >= 0.3 is 0 Å². The van der Waals surface area contributed by atoms with Crippen molar-refractivity contribution in [3.05, 3.63) is 0 Å². The second-order valence-electron chi connectivity index (χ2n) is 2.84. The van der Waals surface area contributed by atoms with Crippen LogP contribution in [0, 0.1) is 0 Å². The molecule has 0 spiro atoms. The van der Waals surface area contributed by atoms with Crippen molar-refractivity contribution in [2.45, 2.75) is 52.1 Å². The zero-order valence-electron chi connectivity index (χ0n) is 8.51. The van der Waals surface area contributed by atoms with Crippen molar-refractivity contribution < 1.29 is 30.1 Å². The Morgan fingerprint density at radius 2 is 1.21 bits per heavy atom. The summed E-state index contributed by atoms with van der Waals surface area (Å²) in [4.78, 5) is 17.3. The Bertz CT molecular complexity index is 106. The lowest BCUT2D eigenvalue weighted by Crippen LogP contribution is -2.22. The molecule has 0 aromatic carbocycles. The highest BCUT2D eigenvalue weighted by atomic mass is 17.3. The van der Waals surface area contributed by atoms with Crippen molar-refractivity contribution in [3.8, 4) is 0 Å². The smallest absolute Gasteiger partial charge is 0.224 e. The molecule has 0 aliphatic carbocycles. The van der Waals surface area contributed by atoms with Crippen LogP contribution in [0.1, 0.15) is 39.5 Å². The van der Waals surface area contributed by atoms with Crippen LogP contribution in [0.4, 0.5) is 0 Å². The van der Waals surface area contributed by atoms with Gasteiger partial charge in [0, 0.05) is 12.8 Å². The Morgan fingerprint density at radius 3 is 1.43 bits per heavy atom. The zero-order chi connectivity index (χ0) is 10.8. The third-order valence-electron chi connectivity index (χ3n) is 1.55. The van der Waals surface area contributed by atoms with E-state index in [2.05, 4.69) is 19.6 Å². The van der Waals surface area contributed by atoms with E-state index < -0.39 is 12.6 Å². The summed E-state index contributed by atoms with van der Waals surface area (Å²) >= 11 is 0. The van der Waals surface area contributed by atoms with E-state index in [4.69, 9.17) is 10.5 Å². The summed E-state index contributed by atoms with van der Waals surface area (Å²) in [7, 11) is 0. The highest BCUT2D eigenvalue weighted by molar-refractivity contribution is 4.39. The van der Waals surface area contributed by atoms with Gasteiger partial charge in [-0.05, 0) is 0 Å². The van der Waals surface area contributed by atoms with Crippen LogP contribution in [0.2, 0.25) is 0 Å². The van der Waals surface area contributed by atoms with Gasteiger partial charge in [0.1, 0.15) is 0 Å². The molecule has 86 valence electrons. The van der Waals surface area contributed by atoms with E-state index in [-0.39, 0.29) is 0 Å². The van der Waals surface area contributed by atoms with Gasteiger partial charge in [-0.2, -0.15) is 9.78 Å². The van der Waals surface area contributed by atoms with Crippen molar-refractivity contribution in [2.24, 2.45) is 0 Å². The quantitative estimate of drug-likeness (QED) is 0.345. The molecular weight excluding hydrogens is 192 g/mol. The molecule has 0 aliphatic rings. The summed E-state index contributed by atoms with van der Waals surface area (Å²) in [6, 6.07) is 0. The Morgan fingerprint density at radius 1 is 0.857 bits per heavy atom. The van der Waals surface area contributed by atoms with E-state index in [1.165, 1.54) is 0 Å². The predicted molar refractivity (Wildman–Crippen MR) is 47.0 cm³/mol. The van der Waals surface area contributed by atoms with E-state index in [0.717, 1.165) is 12.8 Å². The van der Waals surface area contributed by atoms with Crippen molar-refractivity contribution in [3.63, 3.8) is 0 Å². The van der Waals surface area contributed by atoms with E-state index in [9.17, 15) is 0 Å². The predicted octanol–water partition coefficient (Wildman–Crippen LogP) is 2.17. The minimum atomic E-state index is -0.852. The average Bonchev–Trinajstić information content (AvgIpc) is 2.22. The van der Waals surface area contributed by atoms with Crippen LogP contribution in [0.5, 0.6) is 0 Å². The monoisotopic (exact) mass is 210 g/mol. The fraction of sp³-hybridized carbons (Fsp3) is 1.00. The van der Waals surface area contributed by atoms with E-state index in [1.54, 1.807) is 0 Å². The Balaban J connectivity index is 3.63. The van der Waals surface area contributed by atoms with Gasteiger partial charge in [-0.1, -0.05) is 26.7 Å². The van der Waals surface area contributed by atoms with Crippen LogP contribution in [-0.4, -0.2) is 23.1 Å². The fourth-order valence-electron chi connectivity index (χ4n) is 0.832.